The molecule has 0 radical (unpaired) electrons. The first-order valence-corrected chi connectivity index (χ1v) is 16.0. The van der Waals surface area contributed by atoms with Gasteiger partial charge < -0.3 is 15.3 Å². The summed E-state index contributed by atoms with van der Waals surface area (Å²) in [5, 5.41) is 20.6. The van der Waals surface area contributed by atoms with Gasteiger partial charge in [0.25, 0.3) is 5.91 Å². The van der Waals surface area contributed by atoms with Gasteiger partial charge in [-0.2, -0.15) is 10.2 Å². The second-order valence-corrected chi connectivity index (χ2v) is 11.1. The van der Waals surface area contributed by atoms with Crippen LogP contribution < -0.4 is 10.2 Å². The normalized spacial score (nSPS) is 11.1. The van der Waals surface area contributed by atoms with Crippen LogP contribution in [0.25, 0.3) is 0 Å². The third kappa shape index (κ3) is 12.4. The van der Waals surface area contributed by atoms with Gasteiger partial charge in [-0.05, 0) is 85.6 Å². The Bertz CT molecular complexity index is 1240. The maximum absolute atomic E-state index is 12.6. The summed E-state index contributed by atoms with van der Waals surface area (Å²) < 4.78 is 0. The number of rotatable bonds is 20. The van der Waals surface area contributed by atoms with E-state index in [1.54, 1.807) is 36.4 Å². The predicted molar refractivity (Wildman–Crippen MR) is 177 cm³/mol. The molecule has 0 saturated carbocycles. The number of aromatic carboxylic acids is 1. The Morgan fingerprint density at radius 2 is 1.05 bits per heavy atom. The van der Waals surface area contributed by atoms with E-state index in [-0.39, 0.29) is 11.5 Å². The van der Waals surface area contributed by atoms with E-state index < -0.39 is 5.97 Å². The molecule has 7 nitrogen and oxygen atoms in total. The molecule has 0 saturated heterocycles. The van der Waals surface area contributed by atoms with Gasteiger partial charge in [0.1, 0.15) is 0 Å². The van der Waals surface area contributed by atoms with Crippen molar-refractivity contribution in [3.05, 3.63) is 83.9 Å². The molecule has 2 N–H and O–H groups in total. The zero-order valence-corrected chi connectivity index (χ0v) is 25.9. The summed E-state index contributed by atoms with van der Waals surface area (Å²) in [6.07, 6.45) is 15.6. The first kappa shape index (κ1) is 33.5. The first-order chi connectivity index (χ1) is 21.0. The van der Waals surface area contributed by atoms with E-state index in [1.807, 2.05) is 12.1 Å². The summed E-state index contributed by atoms with van der Waals surface area (Å²) in [6.45, 7) is 6.71. The number of anilines is 2. The first-order valence-electron chi connectivity index (χ1n) is 16.0. The number of azo groups is 1. The molecule has 0 aromatic heterocycles. The molecule has 0 heterocycles. The number of nitrogens with one attached hydrogen (secondary N) is 1. The number of carboxylic acids is 1. The molecular weight excluding hydrogens is 536 g/mol. The summed E-state index contributed by atoms with van der Waals surface area (Å²) in [5.74, 6) is -1.29. The smallest absolute Gasteiger partial charge is 0.335 e. The van der Waals surface area contributed by atoms with Crippen molar-refractivity contribution in [1.82, 2.24) is 0 Å². The minimum atomic E-state index is -1.01. The van der Waals surface area contributed by atoms with Gasteiger partial charge in [-0.15, -0.1) is 0 Å². The maximum Gasteiger partial charge on any atom is 0.335 e. The Labute approximate surface area is 257 Å². The maximum atomic E-state index is 12.6. The number of nitrogens with zero attached hydrogens (tertiary/aromatic N) is 3. The van der Waals surface area contributed by atoms with Crippen molar-refractivity contribution in [3.63, 3.8) is 0 Å². The molecule has 0 aliphatic heterocycles. The highest BCUT2D eigenvalue weighted by Gasteiger charge is 2.09. The van der Waals surface area contributed by atoms with Gasteiger partial charge in [-0.1, -0.05) is 78.1 Å². The van der Waals surface area contributed by atoms with Crippen LogP contribution in [0.2, 0.25) is 0 Å². The molecule has 7 heteroatoms. The number of unbranched alkanes of at least 4 members (excludes halogenated alkanes) is 10. The van der Waals surface area contributed by atoms with Crippen LogP contribution in [0.5, 0.6) is 0 Å². The average molecular weight is 585 g/mol. The largest absolute Gasteiger partial charge is 0.478 e. The number of hydrogen-bond donors (Lipinski definition) is 2. The fourth-order valence-electron chi connectivity index (χ4n) is 4.96. The van der Waals surface area contributed by atoms with Crippen LogP contribution in [0.4, 0.5) is 22.7 Å². The van der Waals surface area contributed by atoms with Crippen molar-refractivity contribution in [2.45, 2.75) is 90.9 Å². The lowest BCUT2D eigenvalue weighted by Gasteiger charge is -2.25. The summed E-state index contributed by atoms with van der Waals surface area (Å²) in [6, 6.07) is 21.3. The van der Waals surface area contributed by atoms with Crippen LogP contribution in [0.15, 0.2) is 83.0 Å². The van der Waals surface area contributed by atoms with Crippen LogP contribution in [-0.2, 0) is 0 Å². The molecule has 0 aliphatic carbocycles. The molecule has 0 fully saturated rings. The van der Waals surface area contributed by atoms with Crippen molar-refractivity contribution in [2.24, 2.45) is 10.2 Å². The third-order valence-corrected chi connectivity index (χ3v) is 7.58. The quantitative estimate of drug-likeness (QED) is 0.102. The highest BCUT2D eigenvalue weighted by atomic mass is 16.4. The minimum Gasteiger partial charge on any atom is -0.478 e. The van der Waals surface area contributed by atoms with E-state index in [0.29, 0.717) is 16.9 Å². The molecule has 230 valence electrons. The molecule has 3 aromatic rings. The van der Waals surface area contributed by atoms with E-state index in [2.05, 4.69) is 46.4 Å². The van der Waals surface area contributed by atoms with Gasteiger partial charge in [0.05, 0.1) is 16.9 Å². The highest BCUT2D eigenvalue weighted by Crippen LogP contribution is 2.24. The van der Waals surface area contributed by atoms with E-state index in [1.165, 1.54) is 94.9 Å². The van der Waals surface area contributed by atoms with E-state index >= 15 is 0 Å². The molecular formula is C36H48N4O3. The van der Waals surface area contributed by atoms with Crippen LogP contribution in [-0.4, -0.2) is 30.1 Å². The summed E-state index contributed by atoms with van der Waals surface area (Å²) in [5.41, 5.74) is 3.85. The van der Waals surface area contributed by atoms with Crippen molar-refractivity contribution in [2.75, 3.05) is 23.3 Å². The SMILES string of the molecule is CCCCCCCCN(CCCCCCCC)c1ccc(N=Nc2ccc(C(=O)Nc3ccc(C(=O)O)cc3)cc2)cc1. The second-order valence-electron chi connectivity index (χ2n) is 11.1. The zero-order chi connectivity index (χ0) is 30.7. The van der Waals surface area contributed by atoms with Crippen LogP contribution >= 0.6 is 0 Å². The number of hydrogen-bond acceptors (Lipinski definition) is 5. The monoisotopic (exact) mass is 584 g/mol. The van der Waals surface area contributed by atoms with Crippen molar-refractivity contribution in [1.29, 1.82) is 0 Å². The number of carboxylic acid groups (broad SMARTS) is 1. The lowest BCUT2D eigenvalue weighted by molar-refractivity contribution is 0.0696. The topological polar surface area (TPSA) is 94.4 Å². The van der Waals surface area contributed by atoms with Crippen molar-refractivity contribution in [3.8, 4) is 0 Å². The van der Waals surface area contributed by atoms with E-state index in [9.17, 15) is 9.59 Å². The van der Waals surface area contributed by atoms with Gasteiger partial charge in [0.15, 0.2) is 0 Å². The second kappa shape index (κ2) is 19.2. The Balaban J connectivity index is 1.54. The molecule has 3 aromatic carbocycles. The van der Waals surface area contributed by atoms with Crippen molar-refractivity contribution >= 4 is 34.6 Å². The highest BCUT2D eigenvalue weighted by molar-refractivity contribution is 6.04. The third-order valence-electron chi connectivity index (χ3n) is 7.58. The van der Waals surface area contributed by atoms with Gasteiger partial charge in [0.2, 0.25) is 0 Å². The van der Waals surface area contributed by atoms with E-state index in [0.717, 1.165) is 18.8 Å². The summed E-state index contributed by atoms with van der Waals surface area (Å²) in [7, 11) is 0. The lowest BCUT2D eigenvalue weighted by Crippen LogP contribution is -2.25. The molecule has 0 aliphatic rings. The molecule has 1 amide bonds. The summed E-state index contributed by atoms with van der Waals surface area (Å²) >= 11 is 0. The molecule has 0 bridgehead atoms. The van der Waals surface area contributed by atoms with Crippen LogP contribution in [0.3, 0.4) is 0 Å². The number of benzene rings is 3. The average Bonchev–Trinajstić information content (AvgIpc) is 3.03. The fraction of sp³-hybridized carbons (Fsp3) is 0.444. The summed E-state index contributed by atoms with van der Waals surface area (Å²) in [4.78, 5) is 26.1. The van der Waals surface area contributed by atoms with Crippen molar-refractivity contribution < 1.29 is 14.7 Å². The number of carbonyl (C=O) groups excluding carboxylic acids is 1. The standard InChI is InChI=1S/C36H48N4O3/c1-3-5-7-9-11-13-27-40(28-14-12-10-8-6-4-2)34-25-23-33(24-26-34)39-38-32-21-15-29(16-22-32)35(41)37-31-19-17-30(18-20-31)36(42)43/h15-26H,3-14,27-28H2,1-2H3,(H,37,41)(H,42,43). The van der Waals surface area contributed by atoms with Gasteiger partial charge in [0, 0.05) is 30.0 Å². The molecule has 0 atom stereocenters. The minimum absolute atomic E-state index is 0.168. The molecule has 0 unspecified atom stereocenters. The molecule has 43 heavy (non-hydrogen) atoms. The predicted octanol–water partition coefficient (Wildman–Crippen LogP) is 10.6. The number of amides is 1. The Morgan fingerprint density at radius 1 is 0.605 bits per heavy atom. The number of carbonyl (C=O) groups is 2. The van der Waals surface area contributed by atoms with E-state index in [4.69, 9.17) is 5.11 Å². The Hall–Kier alpha value is -4.00. The van der Waals surface area contributed by atoms with Crippen LogP contribution in [0.1, 0.15) is 112 Å². The molecule has 0 spiro atoms. The van der Waals surface area contributed by atoms with Crippen LogP contribution in [0, 0.1) is 0 Å². The van der Waals surface area contributed by atoms with Gasteiger partial charge >= 0.3 is 5.97 Å². The zero-order valence-electron chi connectivity index (χ0n) is 25.9. The fourth-order valence-corrected chi connectivity index (χ4v) is 4.96. The lowest BCUT2D eigenvalue weighted by atomic mass is 10.1. The van der Waals surface area contributed by atoms with Gasteiger partial charge in [-0.3, -0.25) is 4.79 Å². The molecule has 3 rings (SSSR count). The Kier molecular flexibility index (Phi) is 15.0. The Morgan fingerprint density at radius 3 is 1.53 bits per heavy atom. The van der Waals surface area contributed by atoms with Gasteiger partial charge in [-0.25, -0.2) is 4.79 Å².